The number of ether oxygens (including phenoxy) is 1. The van der Waals surface area contributed by atoms with Crippen molar-refractivity contribution in [3.05, 3.63) is 28.0 Å². The number of methoxy groups -OCH3 is 1. The van der Waals surface area contributed by atoms with Crippen molar-refractivity contribution in [1.82, 2.24) is 0 Å². The summed E-state index contributed by atoms with van der Waals surface area (Å²) in [4.78, 5) is 22.5. The summed E-state index contributed by atoms with van der Waals surface area (Å²) in [6, 6.07) is 1.80. The van der Waals surface area contributed by atoms with E-state index in [1.807, 2.05) is 17.5 Å². The average Bonchev–Trinajstić information content (AvgIpc) is 2.76. The molecule has 0 aliphatic heterocycles. The molecule has 0 bridgehead atoms. The number of allylic oxidation sites excluding steroid dienone is 1. The lowest BCUT2D eigenvalue weighted by atomic mass is 10.2. The summed E-state index contributed by atoms with van der Waals surface area (Å²) in [7, 11) is 1.37. The standard InChI is InChI=1S/C12H14O3S2/c1-9(13)16-6-4-3-5-10-7-11(17-8-10)12(14)15-2/h3,5,7-8H,4,6H2,1-2H3. The molecule has 0 saturated carbocycles. The molecule has 0 N–H and O–H groups in total. The first kappa shape index (κ1) is 14.0. The lowest BCUT2D eigenvalue weighted by molar-refractivity contribution is -0.109. The third kappa shape index (κ3) is 5.19. The van der Waals surface area contributed by atoms with Crippen LogP contribution in [-0.2, 0) is 9.53 Å². The van der Waals surface area contributed by atoms with Crippen molar-refractivity contribution in [2.24, 2.45) is 0 Å². The van der Waals surface area contributed by atoms with Gasteiger partial charge in [-0.3, -0.25) is 4.79 Å². The third-order valence-corrected chi connectivity index (χ3v) is 3.68. The van der Waals surface area contributed by atoms with Crippen LogP contribution in [-0.4, -0.2) is 23.9 Å². The van der Waals surface area contributed by atoms with E-state index in [1.165, 1.54) is 30.2 Å². The molecular formula is C12H14O3S2. The zero-order valence-corrected chi connectivity index (χ0v) is 11.4. The minimum absolute atomic E-state index is 0.141. The Morgan fingerprint density at radius 1 is 1.53 bits per heavy atom. The van der Waals surface area contributed by atoms with Gasteiger partial charge >= 0.3 is 5.97 Å². The number of carbonyl (C=O) groups is 2. The molecule has 1 rings (SSSR count). The molecule has 0 aromatic carbocycles. The average molecular weight is 270 g/mol. The van der Waals surface area contributed by atoms with Crippen LogP contribution in [0.1, 0.15) is 28.6 Å². The van der Waals surface area contributed by atoms with Crippen LogP contribution in [0.5, 0.6) is 0 Å². The highest BCUT2D eigenvalue weighted by molar-refractivity contribution is 8.13. The molecule has 0 radical (unpaired) electrons. The topological polar surface area (TPSA) is 43.4 Å². The molecular weight excluding hydrogens is 256 g/mol. The Bertz CT molecular complexity index is 421. The van der Waals surface area contributed by atoms with Crippen molar-refractivity contribution in [1.29, 1.82) is 0 Å². The maximum atomic E-state index is 11.2. The maximum absolute atomic E-state index is 11.2. The highest BCUT2D eigenvalue weighted by Crippen LogP contribution is 2.17. The Hall–Kier alpha value is -1.07. The molecule has 0 fully saturated rings. The Labute approximate surface area is 109 Å². The van der Waals surface area contributed by atoms with Crippen LogP contribution in [0, 0.1) is 0 Å². The van der Waals surface area contributed by atoms with Gasteiger partial charge in [0.1, 0.15) is 4.88 Å². The number of thiophene rings is 1. The van der Waals surface area contributed by atoms with E-state index in [0.29, 0.717) is 4.88 Å². The molecule has 3 nitrogen and oxygen atoms in total. The van der Waals surface area contributed by atoms with Gasteiger partial charge in [0.2, 0.25) is 0 Å². The summed E-state index contributed by atoms with van der Waals surface area (Å²) in [6.07, 6.45) is 4.79. The summed E-state index contributed by atoms with van der Waals surface area (Å²) < 4.78 is 4.63. The van der Waals surface area contributed by atoms with Gasteiger partial charge < -0.3 is 4.74 Å². The number of rotatable bonds is 5. The largest absolute Gasteiger partial charge is 0.465 e. The first-order chi connectivity index (χ1) is 8.13. The second-order valence-electron chi connectivity index (χ2n) is 3.27. The second kappa shape index (κ2) is 7.29. The van der Waals surface area contributed by atoms with Crippen LogP contribution in [0.15, 0.2) is 17.5 Å². The molecule has 0 atom stereocenters. The third-order valence-electron chi connectivity index (χ3n) is 1.91. The van der Waals surface area contributed by atoms with Crippen LogP contribution in [0.3, 0.4) is 0 Å². The second-order valence-corrected chi connectivity index (χ2v) is 5.45. The molecule has 1 aromatic rings. The zero-order chi connectivity index (χ0) is 12.7. The first-order valence-electron chi connectivity index (χ1n) is 5.10. The fourth-order valence-corrected chi connectivity index (χ4v) is 2.47. The molecule has 5 heteroatoms. The van der Waals surface area contributed by atoms with Gasteiger partial charge in [-0.2, -0.15) is 0 Å². The molecule has 0 spiro atoms. The van der Waals surface area contributed by atoms with E-state index in [0.717, 1.165) is 17.7 Å². The van der Waals surface area contributed by atoms with Gasteiger partial charge in [0.15, 0.2) is 5.12 Å². The predicted octanol–water partition coefficient (Wildman–Crippen LogP) is 3.22. The monoisotopic (exact) mass is 270 g/mol. The minimum atomic E-state index is -0.304. The minimum Gasteiger partial charge on any atom is -0.465 e. The van der Waals surface area contributed by atoms with Gasteiger partial charge in [0.25, 0.3) is 0 Å². The van der Waals surface area contributed by atoms with Gasteiger partial charge in [0.05, 0.1) is 7.11 Å². The summed E-state index contributed by atoms with van der Waals surface area (Å²) in [5.74, 6) is 0.488. The molecule has 0 amide bonds. The highest BCUT2D eigenvalue weighted by Gasteiger charge is 2.06. The summed E-state index contributed by atoms with van der Waals surface area (Å²) >= 11 is 2.68. The van der Waals surface area contributed by atoms with Gasteiger partial charge in [0, 0.05) is 12.7 Å². The van der Waals surface area contributed by atoms with E-state index >= 15 is 0 Å². The van der Waals surface area contributed by atoms with Gasteiger partial charge in [-0.05, 0) is 23.4 Å². The molecule has 0 unspecified atom stereocenters. The Morgan fingerprint density at radius 2 is 2.29 bits per heavy atom. The number of carbonyl (C=O) groups excluding carboxylic acids is 2. The lowest BCUT2D eigenvalue weighted by Gasteiger charge is -1.92. The SMILES string of the molecule is COC(=O)c1cc(C=CCCSC(C)=O)cs1. The number of esters is 1. The first-order valence-corrected chi connectivity index (χ1v) is 6.96. The summed E-state index contributed by atoms with van der Waals surface area (Å²) in [5, 5.41) is 2.04. The molecule has 0 aliphatic rings. The fraction of sp³-hybridized carbons (Fsp3) is 0.333. The molecule has 92 valence electrons. The molecule has 1 aromatic heterocycles. The van der Waals surface area contributed by atoms with Crippen LogP contribution in [0.4, 0.5) is 0 Å². The van der Waals surface area contributed by atoms with Crippen molar-refractivity contribution in [2.45, 2.75) is 13.3 Å². The highest BCUT2D eigenvalue weighted by atomic mass is 32.2. The van der Waals surface area contributed by atoms with E-state index in [2.05, 4.69) is 4.74 Å². The Morgan fingerprint density at radius 3 is 2.94 bits per heavy atom. The van der Waals surface area contributed by atoms with E-state index < -0.39 is 0 Å². The van der Waals surface area contributed by atoms with E-state index in [4.69, 9.17) is 0 Å². The number of hydrogen-bond donors (Lipinski definition) is 0. The Kier molecular flexibility index (Phi) is 6.00. The predicted molar refractivity (Wildman–Crippen MR) is 72.4 cm³/mol. The lowest BCUT2D eigenvalue weighted by Crippen LogP contribution is -1.96. The smallest absolute Gasteiger partial charge is 0.348 e. The van der Waals surface area contributed by atoms with Gasteiger partial charge in [-0.25, -0.2) is 4.79 Å². The van der Waals surface area contributed by atoms with E-state index in [-0.39, 0.29) is 11.1 Å². The van der Waals surface area contributed by atoms with Gasteiger partial charge in [-0.1, -0.05) is 23.9 Å². The van der Waals surface area contributed by atoms with E-state index in [9.17, 15) is 9.59 Å². The van der Waals surface area contributed by atoms with Gasteiger partial charge in [-0.15, -0.1) is 11.3 Å². The van der Waals surface area contributed by atoms with Crippen LogP contribution in [0.2, 0.25) is 0 Å². The van der Waals surface area contributed by atoms with Crippen LogP contribution >= 0.6 is 23.1 Å². The summed E-state index contributed by atoms with van der Waals surface area (Å²) in [6.45, 7) is 1.57. The fourth-order valence-electron chi connectivity index (χ4n) is 1.14. The van der Waals surface area contributed by atoms with Crippen LogP contribution in [0.25, 0.3) is 6.08 Å². The van der Waals surface area contributed by atoms with Crippen molar-refractivity contribution < 1.29 is 14.3 Å². The van der Waals surface area contributed by atoms with Crippen LogP contribution < -0.4 is 0 Å². The number of thioether (sulfide) groups is 1. The number of hydrogen-bond acceptors (Lipinski definition) is 5. The van der Waals surface area contributed by atoms with E-state index in [1.54, 1.807) is 13.0 Å². The van der Waals surface area contributed by atoms with Crippen molar-refractivity contribution in [3.63, 3.8) is 0 Å². The molecule has 0 aliphatic carbocycles. The van der Waals surface area contributed by atoms with Crippen molar-refractivity contribution >= 4 is 40.3 Å². The molecule has 1 heterocycles. The van der Waals surface area contributed by atoms with Crippen molar-refractivity contribution in [3.8, 4) is 0 Å². The zero-order valence-electron chi connectivity index (χ0n) is 9.76. The summed E-state index contributed by atoms with van der Waals surface area (Å²) in [5.41, 5.74) is 0.989. The Balaban J connectivity index is 2.41. The van der Waals surface area contributed by atoms with Crippen molar-refractivity contribution in [2.75, 3.05) is 12.9 Å². The molecule has 0 saturated heterocycles. The normalized spacial score (nSPS) is 10.7. The quantitative estimate of drug-likeness (QED) is 0.608. The molecule has 17 heavy (non-hydrogen) atoms. The maximum Gasteiger partial charge on any atom is 0.348 e.